The number of aliphatic hydroxyl groups is 2. The fourth-order valence-corrected chi connectivity index (χ4v) is 4.61. The Bertz CT molecular complexity index is 878. The normalized spacial score (nSPS) is 26.3. The monoisotopic (exact) mass is 372 g/mol. The highest BCUT2D eigenvalue weighted by atomic mass is 32.1. The average Bonchev–Trinajstić information content (AvgIpc) is 3.03. The standard InChI is InChI=1S/C21H21FO3S/c1-12-21(24)18(23)11-19(25-12)13-6-7-17(22)15(8-13)10-16-9-14-4-2-3-5-20(14)26-16/h2-9,12,18-19,21,23-24H,10-11H2,1H3/t12-,18-,19-,21-/m1/s1. The van der Waals surface area contributed by atoms with Crippen LogP contribution in [0, 0.1) is 5.82 Å². The van der Waals surface area contributed by atoms with Gasteiger partial charge in [0.15, 0.2) is 0 Å². The molecule has 3 nitrogen and oxygen atoms in total. The predicted octanol–water partition coefficient (Wildman–Crippen LogP) is 4.20. The maximum atomic E-state index is 14.4. The van der Waals surface area contributed by atoms with Crippen molar-refractivity contribution >= 4 is 21.4 Å². The first-order valence-electron chi connectivity index (χ1n) is 8.78. The van der Waals surface area contributed by atoms with Gasteiger partial charge in [0.25, 0.3) is 0 Å². The summed E-state index contributed by atoms with van der Waals surface area (Å²) in [5, 5.41) is 21.0. The maximum Gasteiger partial charge on any atom is 0.126 e. The van der Waals surface area contributed by atoms with E-state index in [9.17, 15) is 14.6 Å². The number of rotatable bonds is 3. The van der Waals surface area contributed by atoms with Gasteiger partial charge in [0, 0.05) is 22.4 Å². The Hall–Kier alpha value is -1.79. The van der Waals surface area contributed by atoms with Crippen molar-refractivity contribution in [3.8, 4) is 0 Å². The van der Waals surface area contributed by atoms with Crippen LogP contribution in [-0.2, 0) is 11.2 Å². The van der Waals surface area contributed by atoms with Crippen molar-refractivity contribution in [2.75, 3.05) is 0 Å². The van der Waals surface area contributed by atoms with Gasteiger partial charge in [-0.3, -0.25) is 0 Å². The van der Waals surface area contributed by atoms with Crippen LogP contribution in [0.25, 0.3) is 10.1 Å². The Morgan fingerprint density at radius 3 is 2.73 bits per heavy atom. The van der Waals surface area contributed by atoms with Crippen LogP contribution in [0.2, 0.25) is 0 Å². The first-order chi connectivity index (χ1) is 12.5. The summed E-state index contributed by atoms with van der Waals surface area (Å²) in [6.45, 7) is 1.74. The van der Waals surface area contributed by atoms with Gasteiger partial charge in [-0.25, -0.2) is 4.39 Å². The van der Waals surface area contributed by atoms with Crippen LogP contribution < -0.4 is 0 Å². The first kappa shape index (κ1) is 17.6. The molecular weight excluding hydrogens is 351 g/mol. The minimum absolute atomic E-state index is 0.240. The number of hydrogen-bond donors (Lipinski definition) is 2. The van der Waals surface area contributed by atoms with Gasteiger partial charge >= 0.3 is 0 Å². The van der Waals surface area contributed by atoms with E-state index < -0.39 is 18.3 Å². The topological polar surface area (TPSA) is 49.7 Å². The van der Waals surface area contributed by atoms with Gasteiger partial charge in [-0.15, -0.1) is 11.3 Å². The predicted molar refractivity (Wildman–Crippen MR) is 101 cm³/mol. The van der Waals surface area contributed by atoms with Crippen LogP contribution in [0.5, 0.6) is 0 Å². The first-order valence-corrected chi connectivity index (χ1v) is 9.60. The largest absolute Gasteiger partial charge is 0.390 e. The molecule has 1 aliphatic rings. The van der Waals surface area contributed by atoms with Gasteiger partial charge in [-0.05, 0) is 47.7 Å². The molecule has 2 N–H and O–H groups in total. The highest BCUT2D eigenvalue weighted by Gasteiger charge is 2.34. The van der Waals surface area contributed by atoms with Crippen LogP contribution in [0.1, 0.15) is 35.5 Å². The third kappa shape index (κ3) is 3.40. The summed E-state index contributed by atoms with van der Waals surface area (Å²) in [6, 6.07) is 15.2. The SMILES string of the molecule is C[C@H]1O[C@@H](c2ccc(F)c(Cc3cc4ccccc4s3)c2)C[C@@H](O)[C@@H]1O. The van der Waals surface area contributed by atoms with Crippen molar-refractivity contribution in [2.45, 2.75) is 44.2 Å². The summed E-state index contributed by atoms with van der Waals surface area (Å²) >= 11 is 1.67. The zero-order valence-electron chi connectivity index (χ0n) is 14.4. The number of aliphatic hydroxyl groups excluding tert-OH is 2. The van der Waals surface area contributed by atoms with Crippen LogP contribution >= 0.6 is 11.3 Å². The molecule has 1 saturated heterocycles. The molecule has 4 rings (SSSR count). The molecule has 4 atom stereocenters. The Morgan fingerprint density at radius 1 is 1.15 bits per heavy atom. The van der Waals surface area contributed by atoms with Crippen LogP contribution in [0.15, 0.2) is 48.5 Å². The zero-order chi connectivity index (χ0) is 18.3. The number of fused-ring (bicyclic) bond motifs is 1. The third-order valence-electron chi connectivity index (χ3n) is 4.99. The molecule has 0 spiro atoms. The molecular formula is C21H21FO3S. The molecule has 5 heteroatoms. The lowest BCUT2D eigenvalue weighted by Gasteiger charge is -2.35. The minimum Gasteiger partial charge on any atom is -0.390 e. The lowest BCUT2D eigenvalue weighted by Crippen LogP contribution is -2.43. The summed E-state index contributed by atoms with van der Waals surface area (Å²) in [6.07, 6.45) is -1.69. The van der Waals surface area contributed by atoms with Gasteiger partial charge in [0.05, 0.1) is 18.3 Å². The minimum atomic E-state index is -0.885. The quantitative estimate of drug-likeness (QED) is 0.724. The highest BCUT2D eigenvalue weighted by Crippen LogP contribution is 2.34. The van der Waals surface area contributed by atoms with Crippen molar-refractivity contribution in [2.24, 2.45) is 0 Å². The zero-order valence-corrected chi connectivity index (χ0v) is 15.2. The molecule has 2 heterocycles. The summed E-state index contributed by atoms with van der Waals surface area (Å²) in [5.74, 6) is -0.240. The van der Waals surface area contributed by atoms with Gasteiger partial charge in [0.1, 0.15) is 11.9 Å². The molecule has 3 aromatic rings. The summed E-state index contributed by atoms with van der Waals surface area (Å²) in [7, 11) is 0. The molecule has 0 saturated carbocycles. The number of benzene rings is 2. The van der Waals surface area contributed by atoms with Crippen molar-refractivity contribution in [3.63, 3.8) is 0 Å². The Kier molecular flexibility index (Phi) is 4.80. The van der Waals surface area contributed by atoms with Crippen molar-refractivity contribution in [1.29, 1.82) is 0 Å². The molecule has 26 heavy (non-hydrogen) atoms. The van der Waals surface area contributed by atoms with E-state index in [1.807, 2.05) is 18.2 Å². The van der Waals surface area contributed by atoms with Crippen molar-refractivity contribution < 1.29 is 19.3 Å². The van der Waals surface area contributed by atoms with E-state index >= 15 is 0 Å². The lowest BCUT2D eigenvalue weighted by molar-refractivity contribution is -0.163. The van der Waals surface area contributed by atoms with E-state index in [0.717, 1.165) is 10.4 Å². The van der Waals surface area contributed by atoms with Crippen LogP contribution in [0.3, 0.4) is 0 Å². The molecule has 1 aromatic heterocycles. The lowest BCUT2D eigenvalue weighted by atomic mass is 9.93. The molecule has 0 radical (unpaired) electrons. The Morgan fingerprint density at radius 2 is 1.96 bits per heavy atom. The molecule has 1 aliphatic heterocycles. The molecule has 0 unspecified atom stereocenters. The molecule has 0 bridgehead atoms. The van der Waals surface area contributed by atoms with E-state index in [0.29, 0.717) is 18.4 Å². The molecule has 2 aromatic carbocycles. The van der Waals surface area contributed by atoms with E-state index in [4.69, 9.17) is 4.74 Å². The fraction of sp³-hybridized carbons (Fsp3) is 0.333. The molecule has 136 valence electrons. The van der Waals surface area contributed by atoms with Gasteiger partial charge in [-0.1, -0.05) is 24.3 Å². The molecule has 1 fully saturated rings. The van der Waals surface area contributed by atoms with Gasteiger partial charge < -0.3 is 14.9 Å². The number of hydrogen-bond acceptors (Lipinski definition) is 4. The highest BCUT2D eigenvalue weighted by molar-refractivity contribution is 7.19. The number of ether oxygens (including phenoxy) is 1. The van der Waals surface area contributed by atoms with E-state index in [1.165, 1.54) is 16.2 Å². The Balaban J connectivity index is 1.60. The van der Waals surface area contributed by atoms with Crippen molar-refractivity contribution in [1.82, 2.24) is 0 Å². The van der Waals surface area contributed by atoms with Crippen LogP contribution in [0.4, 0.5) is 4.39 Å². The second kappa shape index (κ2) is 7.08. The smallest absolute Gasteiger partial charge is 0.126 e. The average molecular weight is 372 g/mol. The second-order valence-corrected chi connectivity index (χ2v) is 8.07. The second-order valence-electron chi connectivity index (χ2n) is 6.90. The summed E-state index contributed by atoms with van der Waals surface area (Å²) < 4.78 is 21.4. The summed E-state index contributed by atoms with van der Waals surface area (Å²) in [5.41, 5.74) is 1.45. The third-order valence-corrected chi connectivity index (χ3v) is 6.11. The molecule has 0 amide bonds. The van der Waals surface area contributed by atoms with Crippen LogP contribution in [-0.4, -0.2) is 28.5 Å². The van der Waals surface area contributed by atoms with E-state index in [1.54, 1.807) is 24.3 Å². The van der Waals surface area contributed by atoms with Gasteiger partial charge in [0.2, 0.25) is 0 Å². The Labute approximate surface area is 155 Å². The van der Waals surface area contributed by atoms with E-state index in [2.05, 4.69) is 18.2 Å². The number of halogens is 1. The van der Waals surface area contributed by atoms with Gasteiger partial charge in [-0.2, -0.15) is 0 Å². The van der Waals surface area contributed by atoms with E-state index in [-0.39, 0.29) is 11.9 Å². The van der Waals surface area contributed by atoms with Crippen molar-refractivity contribution in [3.05, 3.63) is 70.4 Å². The summed E-state index contributed by atoms with van der Waals surface area (Å²) in [4.78, 5) is 1.11. The number of thiophene rings is 1. The maximum absolute atomic E-state index is 14.4. The molecule has 0 aliphatic carbocycles. The fourth-order valence-electron chi connectivity index (χ4n) is 3.52.